The van der Waals surface area contributed by atoms with Gasteiger partial charge in [-0.05, 0) is 34.4 Å². The molecule has 303 valence electrons. The van der Waals surface area contributed by atoms with Crippen LogP contribution in [0.15, 0.2) is 242 Å². The number of para-hydroxylation sites is 6. The Labute approximate surface area is 378 Å². The van der Waals surface area contributed by atoms with E-state index in [2.05, 4.69) is 210 Å². The van der Waals surface area contributed by atoms with Crippen LogP contribution in [0.5, 0.6) is 11.5 Å². The fraction of sp³-hybridized carbons (Fsp3) is 0. The summed E-state index contributed by atoms with van der Waals surface area (Å²) in [7, 11) is 0. The third kappa shape index (κ3) is 8.21. The van der Waals surface area contributed by atoms with Gasteiger partial charge in [0.25, 0.3) is 0 Å². The van der Waals surface area contributed by atoms with Crippen molar-refractivity contribution in [2.45, 2.75) is 0 Å². The molecule has 0 saturated carbocycles. The molecule has 9 aromatic carbocycles. The number of hydrogen-bond donors (Lipinski definition) is 0. The molecular formula is C56H40AuN4O-2. The molecule has 5 nitrogen and oxygen atoms in total. The van der Waals surface area contributed by atoms with Gasteiger partial charge < -0.3 is 20.0 Å². The molecule has 2 aliphatic rings. The first-order chi connectivity index (χ1) is 30.3. The van der Waals surface area contributed by atoms with Gasteiger partial charge in [-0.3, -0.25) is 0 Å². The second-order valence-corrected chi connectivity index (χ2v) is 14.6. The number of anilines is 2. The third-order valence-electron chi connectivity index (χ3n) is 10.8. The smallest absolute Gasteiger partial charge is 0.129 e. The van der Waals surface area contributed by atoms with E-state index >= 15 is 0 Å². The van der Waals surface area contributed by atoms with E-state index < -0.39 is 0 Å². The molecular weight excluding hydrogens is 942 g/mol. The van der Waals surface area contributed by atoms with Crippen molar-refractivity contribution < 1.29 is 27.1 Å². The minimum absolute atomic E-state index is 0. The topological polar surface area (TPSA) is 42.2 Å². The molecule has 2 aliphatic heterocycles. The summed E-state index contributed by atoms with van der Waals surface area (Å²) >= 11 is 0. The molecule has 62 heavy (non-hydrogen) atoms. The number of nitrogens with zero attached hydrogens (tertiary/aromatic N) is 4. The number of fused-ring (bicyclic) bond motifs is 2. The predicted molar refractivity (Wildman–Crippen MR) is 253 cm³/mol. The van der Waals surface area contributed by atoms with Gasteiger partial charge in [0.15, 0.2) is 0 Å². The molecule has 0 aliphatic carbocycles. The van der Waals surface area contributed by atoms with Gasteiger partial charge in [-0.25, -0.2) is 0 Å². The maximum Gasteiger partial charge on any atom is 0.129 e. The zero-order chi connectivity index (χ0) is 40.8. The zero-order valence-corrected chi connectivity index (χ0v) is 35.8. The molecule has 0 atom stereocenters. The number of hydrogen-bond acceptors (Lipinski definition) is 4. The summed E-state index contributed by atoms with van der Waals surface area (Å²) in [4.78, 5) is 2.27. The summed E-state index contributed by atoms with van der Waals surface area (Å²) < 4.78 is 5.68. The van der Waals surface area contributed by atoms with Crippen molar-refractivity contribution in [3.8, 4) is 56.0 Å². The number of ether oxygens (including phenoxy) is 1. The predicted octanol–water partition coefficient (Wildman–Crippen LogP) is 15.3. The largest absolute Gasteiger partial charge is 0.652 e. The summed E-state index contributed by atoms with van der Waals surface area (Å²) in [5, 5.41) is 12.0. The Morgan fingerprint density at radius 2 is 0.694 bits per heavy atom. The summed E-state index contributed by atoms with van der Waals surface area (Å²) in [5.74, 6) is 2.51. The van der Waals surface area contributed by atoms with Gasteiger partial charge >= 0.3 is 0 Å². The van der Waals surface area contributed by atoms with E-state index in [4.69, 9.17) is 9.84 Å². The molecule has 0 N–H and O–H groups in total. The van der Waals surface area contributed by atoms with Crippen molar-refractivity contribution in [1.29, 1.82) is 0 Å². The van der Waals surface area contributed by atoms with Crippen LogP contribution in [-0.2, 0) is 22.4 Å². The zero-order valence-electron chi connectivity index (χ0n) is 33.6. The van der Waals surface area contributed by atoms with Crippen molar-refractivity contribution in [2.75, 3.05) is 9.91 Å². The molecule has 0 spiro atoms. The third-order valence-corrected chi connectivity index (χ3v) is 10.8. The minimum Gasteiger partial charge on any atom is -0.652 e. The molecule has 0 aromatic heterocycles. The summed E-state index contributed by atoms with van der Waals surface area (Å²) in [5.41, 5.74) is 14.0. The van der Waals surface area contributed by atoms with Gasteiger partial charge in [0.2, 0.25) is 0 Å². The van der Waals surface area contributed by atoms with Gasteiger partial charge in [0.05, 0.1) is 0 Å². The van der Waals surface area contributed by atoms with Crippen LogP contribution < -0.4 is 14.6 Å². The number of amidine groups is 1. The summed E-state index contributed by atoms with van der Waals surface area (Å²) in [6.45, 7) is 2.16. The first-order valence-electron chi connectivity index (χ1n) is 20.4. The van der Waals surface area contributed by atoms with E-state index in [-0.39, 0.29) is 22.4 Å². The summed E-state index contributed by atoms with van der Waals surface area (Å²) in [6, 6.07) is 81.6. The summed E-state index contributed by atoms with van der Waals surface area (Å²) in [6.07, 6.45) is 0. The molecule has 1 radical (unpaired) electrons. The molecule has 0 fully saturated rings. The van der Waals surface area contributed by atoms with E-state index in [1.165, 1.54) is 0 Å². The minimum atomic E-state index is 0. The second-order valence-electron chi connectivity index (χ2n) is 14.6. The first kappa shape index (κ1) is 40.0. The van der Waals surface area contributed by atoms with E-state index in [1.807, 2.05) is 48.5 Å². The van der Waals surface area contributed by atoms with Crippen molar-refractivity contribution >= 4 is 28.6 Å². The van der Waals surface area contributed by atoms with E-state index in [9.17, 15) is 0 Å². The number of rotatable bonds is 7. The molecule has 6 heteroatoms. The van der Waals surface area contributed by atoms with E-state index in [0.29, 0.717) is 0 Å². The van der Waals surface area contributed by atoms with Crippen LogP contribution in [0.2, 0.25) is 0 Å². The quantitative estimate of drug-likeness (QED) is 0.118. The second kappa shape index (κ2) is 18.5. The Bertz CT molecular complexity index is 2740. The fourth-order valence-electron chi connectivity index (χ4n) is 7.91. The van der Waals surface area contributed by atoms with Gasteiger partial charge in [-0.15, -0.1) is 6.67 Å². The number of hydrazone groups is 1. The maximum atomic E-state index is 5.68. The van der Waals surface area contributed by atoms with Crippen molar-refractivity contribution in [1.82, 2.24) is 0 Å². The number of benzene rings is 9. The van der Waals surface area contributed by atoms with Gasteiger partial charge in [0, 0.05) is 61.6 Å². The normalized spacial score (nSPS) is 12.3. The molecule has 0 bridgehead atoms. The molecule has 11 rings (SSSR count). The van der Waals surface area contributed by atoms with Crippen LogP contribution in [0.4, 0.5) is 22.7 Å². The Morgan fingerprint density at radius 1 is 0.355 bits per heavy atom. The average molecular weight is 982 g/mol. The van der Waals surface area contributed by atoms with Crippen molar-refractivity contribution in [3.63, 3.8) is 0 Å². The Hall–Kier alpha value is -7.41. The SMILES string of the molecule is [Au].c1ccc(C2=NN(c3c(-c4ccccc4)cccc3-c3ccccc3)[CH-]N2c2c(-c3ccccc3)cccc2-c2ccccc2)cc1.c1ccc2c(c1)[N-]c1ccccc1O2. The maximum absolute atomic E-state index is 5.68. The average Bonchev–Trinajstić information content (AvgIpc) is 3.79. The molecule has 0 unspecified atom stereocenters. The van der Waals surface area contributed by atoms with Crippen LogP contribution in [0, 0.1) is 6.67 Å². The van der Waals surface area contributed by atoms with Crippen molar-refractivity contribution in [2.24, 2.45) is 5.10 Å². The molecule has 9 aromatic rings. The van der Waals surface area contributed by atoms with Gasteiger partial charge in [-0.2, -0.15) is 5.10 Å². The Morgan fingerprint density at radius 3 is 1.10 bits per heavy atom. The van der Waals surface area contributed by atoms with Crippen LogP contribution in [0.1, 0.15) is 5.56 Å². The van der Waals surface area contributed by atoms with E-state index in [0.717, 1.165) is 90.2 Å². The van der Waals surface area contributed by atoms with Crippen LogP contribution >= 0.6 is 0 Å². The van der Waals surface area contributed by atoms with E-state index in [1.54, 1.807) is 0 Å². The van der Waals surface area contributed by atoms with Gasteiger partial charge in [0.1, 0.15) is 17.3 Å². The Kier molecular flexibility index (Phi) is 11.9. The van der Waals surface area contributed by atoms with Gasteiger partial charge in [-0.1, -0.05) is 236 Å². The first-order valence-corrected chi connectivity index (χ1v) is 20.4. The van der Waals surface area contributed by atoms with Crippen LogP contribution in [-0.4, -0.2) is 5.84 Å². The van der Waals surface area contributed by atoms with Crippen LogP contribution in [0.25, 0.3) is 49.8 Å². The fourth-order valence-corrected chi connectivity index (χ4v) is 7.91. The molecule has 0 saturated heterocycles. The standard InChI is InChI=1S/C44H32N3.C12H8NO.Au/c1-6-18-33(19-7-1)38-28-16-29-39(34-20-8-2-9-21-34)42(38)46-32-47(45-44(46)37-26-14-5-15-27-37)43-40(35-22-10-3-11-23-35)30-17-31-41(43)36-24-12-4-13-25-36;1-3-7-11-9(5-1)13-10-6-2-4-8-12(10)14-11;/h1-32H;1-8H;/q2*-1;. The Balaban J connectivity index is 0.000000275. The van der Waals surface area contributed by atoms with Crippen LogP contribution in [0.3, 0.4) is 0 Å². The molecule has 2 heterocycles. The molecule has 0 amide bonds. The van der Waals surface area contributed by atoms with Crippen molar-refractivity contribution in [3.05, 3.63) is 254 Å². The monoisotopic (exact) mass is 981 g/mol.